The number of carbonyl (C=O) groups excluding carboxylic acids is 2. The van der Waals surface area contributed by atoms with Crippen molar-refractivity contribution in [1.82, 2.24) is 19.6 Å². The Morgan fingerprint density at radius 1 is 1.07 bits per heavy atom. The minimum Gasteiger partial charge on any atom is -0.480 e. The Bertz CT molecular complexity index is 1020. The maximum absolute atomic E-state index is 12.4. The number of aryl methyl sites for hydroxylation is 1. The Kier molecular flexibility index (Phi) is 5.49. The van der Waals surface area contributed by atoms with Crippen LogP contribution in [0.25, 0.3) is 0 Å². The molecule has 144 valence electrons. The van der Waals surface area contributed by atoms with E-state index in [1.807, 2.05) is 6.92 Å². The molecular formula is C18H18N6O4. The first-order valence-electron chi connectivity index (χ1n) is 8.45. The second-order valence-electron chi connectivity index (χ2n) is 5.84. The summed E-state index contributed by atoms with van der Waals surface area (Å²) in [5.41, 5.74) is 1.64. The first-order chi connectivity index (χ1) is 13.5. The molecule has 0 atom stereocenters. The van der Waals surface area contributed by atoms with E-state index < -0.39 is 11.9 Å². The van der Waals surface area contributed by atoms with Gasteiger partial charge in [0.1, 0.15) is 12.2 Å². The van der Waals surface area contributed by atoms with Crippen molar-refractivity contribution >= 4 is 29.2 Å². The third kappa shape index (κ3) is 4.41. The van der Waals surface area contributed by atoms with Gasteiger partial charge in [-0.05, 0) is 31.2 Å². The van der Waals surface area contributed by atoms with Crippen LogP contribution in [0.3, 0.4) is 0 Å². The average molecular weight is 382 g/mol. The predicted molar refractivity (Wildman–Crippen MR) is 100 cm³/mol. The molecule has 0 radical (unpaired) electrons. The van der Waals surface area contributed by atoms with Gasteiger partial charge in [0.05, 0.1) is 11.8 Å². The van der Waals surface area contributed by atoms with Crippen LogP contribution in [0.2, 0.25) is 0 Å². The molecule has 0 aliphatic heterocycles. The Labute approximate surface area is 159 Å². The molecule has 10 nitrogen and oxygen atoms in total. The molecule has 3 aromatic rings. The normalized spacial score (nSPS) is 10.5. The molecule has 0 saturated heterocycles. The number of carboxylic acids is 1. The molecule has 1 aromatic carbocycles. The first-order valence-corrected chi connectivity index (χ1v) is 8.45. The highest BCUT2D eigenvalue weighted by Gasteiger charge is 2.13. The van der Waals surface area contributed by atoms with E-state index in [9.17, 15) is 14.4 Å². The van der Waals surface area contributed by atoms with Crippen LogP contribution in [0.4, 0.5) is 11.4 Å². The predicted octanol–water partition coefficient (Wildman–Crippen LogP) is 1.69. The van der Waals surface area contributed by atoms with Gasteiger partial charge in [-0.15, -0.1) is 0 Å². The molecule has 0 spiro atoms. The summed E-state index contributed by atoms with van der Waals surface area (Å²) in [6.07, 6.45) is 4.19. The van der Waals surface area contributed by atoms with Crippen LogP contribution in [0, 0.1) is 0 Å². The lowest BCUT2D eigenvalue weighted by Crippen LogP contribution is -2.17. The quantitative estimate of drug-likeness (QED) is 0.570. The van der Waals surface area contributed by atoms with Crippen LogP contribution in [0.1, 0.15) is 27.8 Å². The molecule has 0 aliphatic rings. The maximum Gasteiger partial charge on any atom is 0.325 e. The van der Waals surface area contributed by atoms with Gasteiger partial charge in [-0.3, -0.25) is 23.7 Å². The van der Waals surface area contributed by atoms with Gasteiger partial charge in [-0.1, -0.05) is 6.07 Å². The summed E-state index contributed by atoms with van der Waals surface area (Å²) in [6, 6.07) is 8.30. The van der Waals surface area contributed by atoms with Crippen molar-refractivity contribution in [3.63, 3.8) is 0 Å². The van der Waals surface area contributed by atoms with Crippen molar-refractivity contribution in [2.24, 2.45) is 0 Å². The number of carboxylic acid groups (broad SMARTS) is 1. The average Bonchev–Trinajstić information content (AvgIpc) is 3.30. The van der Waals surface area contributed by atoms with E-state index in [0.717, 1.165) is 4.68 Å². The highest BCUT2D eigenvalue weighted by molar-refractivity contribution is 6.05. The molecule has 0 aliphatic carbocycles. The zero-order valence-corrected chi connectivity index (χ0v) is 15.0. The molecule has 3 rings (SSSR count). The zero-order valence-electron chi connectivity index (χ0n) is 15.0. The third-order valence-electron chi connectivity index (χ3n) is 3.82. The number of hydrogen-bond acceptors (Lipinski definition) is 5. The molecule has 3 N–H and O–H groups in total. The Morgan fingerprint density at radius 3 is 2.46 bits per heavy atom. The van der Waals surface area contributed by atoms with Crippen molar-refractivity contribution in [3.05, 3.63) is 60.2 Å². The van der Waals surface area contributed by atoms with Crippen LogP contribution in [-0.4, -0.2) is 42.5 Å². The lowest BCUT2D eigenvalue weighted by atomic mass is 10.2. The number of anilines is 2. The summed E-state index contributed by atoms with van der Waals surface area (Å²) < 4.78 is 2.74. The highest BCUT2D eigenvalue weighted by atomic mass is 16.4. The van der Waals surface area contributed by atoms with E-state index in [-0.39, 0.29) is 18.0 Å². The molecule has 2 aromatic heterocycles. The second-order valence-corrected chi connectivity index (χ2v) is 5.84. The Hall–Kier alpha value is -3.95. The largest absolute Gasteiger partial charge is 0.480 e. The molecule has 10 heteroatoms. The van der Waals surface area contributed by atoms with Crippen molar-refractivity contribution in [2.75, 3.05) is 10.6 Å². The zero-order chi connectivity index (χ0) is 20.1. The smallest absolute Gasteiger partial charge is 0.325 e. The van der Waals surface area contributed by atoms with Crippen molar-refractivity contribution < 1.29 is 19.5 Å². The molecule has 0 unspecified atom stereocenters. The number of aliphatic carboxylic acids is 1. The molecule has 0 bridgehead atoms. The maximum atomic E-state index is 12.4. The summed E-state index contributed by atoms with van der Waals surface area (Å²) in [6.45, 7) is 2.13. The lowest BCUT2D eigenvalue weighted by molar-refractivity contribution is -0.137. The molecule has 28 heavy (non-hydrogen) atoms. The Balaban J connectivity index is 1.67. The SMILES string of the molecule is CCn1nccc1C(=O)Nc1cccc(NC(=O)c2cnn(CC(=O)O)c2)c1. The number of benzene rings is 1. The molecular weight excluding hydrogens is 364 g/mol. The number of nitrogens with one attached hydrogen (secondary N) is 2. The van der Waals surface area contributed by atoms with Crippen LogP contribution >= 0.6 is 0 Å². The van der Waals surface area contributed by atoms with Crippen LogP contribution in [0.15, 0.2) is 48.9 Å². The van der Waals surface area contributed by atoms with Gasteiger partial charge in [0.25, 0.3) is 11.8 Å². The third-order valence-corrected chi connectivity index (χ3v) is 3.82. The van der Waals surface area contributed by atoms with Crippen molar-refractivity contribution in [2.45, 2.75) is 20.0 Å². The van der Waals surface area contributed by atoms with Crippen molar-refractivity contribution in [3.8, 4) is 0 Å². The van der Waals surface area contributed by atoms with Gasteiger partial charge >= 0.3 is 5.97 Å². The number of amides is 2. The minimum atomic E-state index is -1.05. The molecule has 0 saturated carbocycles. The molecule has 0 fully saturated rings. The Morgan fingerprint density at radius 2 is 1.79 bits per heavy atom. The van der Waals surface area contributed by atoms with Gasteiger partial charge in [0.2, 0.25) is 0 Å². The fourth-order valence-electron chi connectivity index (χ4n) is 2.56. The van der Waals surface area contributed by atoms with Crippen LogP contribution in [0.5, 0.6) is 0 Å². The highest BCUT2D eigenvalue weighted by Crippen LogP contribution is 2.17. The summed E-state index contributed by atoms with van der Waals surface area (Å²) >= 11 is 0. The van der Waals surface area contributed by atoms with E-state index in [1.54, 1.807) is 41.2 Å². The molecule has 2 heterocycles. The van der Waals surface area contributed by atoms with Crippen LogP contribution < -0.4 is 10.6 Å². The number of hydrogen-bond donors (Lipinski definition) is 3. The standard InChI is InChI=1S/C18H18N6O4/c1-2-24-15(6-7-19-24)18(28)22-14-5-3-4-13(8-14)21-17(27)12-9-20-23(10-12)11-16(25)26/h3-10H,2,11H2,1H3,(H,21,27)(H,22,28)(H,25,26). The van der Waals surface area contributed by atoms with E-state index in [0.29, 0.717) is 23.6 Å². The molecule has 2 amide bonds. The van der Waals surface area contributed by atoms with Gasteiger partial charge in [-0.25, -0.2) is 0 Å². The number of carbonyl (C=O) groups is 3. The number of rotatable bonds is 7. The summed E-state index contributed by atoms with van der Waals surface area (Å²) in [5.74, 6) is -1.80. The minimum absolute atomic E-state index is 0.225. The van der Waals surface area contributed by atoms with E-state index in [4.69, 9.17) is 5.11 Å². The van der Waals surface area contributed by atoms with E-state index >= 15 is 0 Å². The van der Waals surface area contributed by atoms with Gasteiger partial charge in [0, 0.05) is 30.3 Å². The van der Waals surface area contributed by atoms with E-state index in [2.05, 4.69) is 20.8 Å². The monoisotopic (exact) mass is 382 g/mol. The van der Waals surface area contributed by atoms with Gasteiger partial charge < -0.3 is 15.7 Å². The van der Waals surface area contributed by atoms with Gasteiger partial charge in [-0.2, -0.15) is 10.2 Å². The fraction of sp³-hybridized carbons (Fsp3) is 0.167. The second kappa shape index (κ2) is 8.16. The first kappa shape index (κ1) is 18.8. The topological polar surface area (TPSA) is 131 Å². The van der Waals surface area contributed by atoms with Crippen LogP contribution in [-0.2, 0) is 17.9 Å². The number of aromatic nitrogens is 4. The van der Waals surface area contributed by atoms with Crippen molar-refractivity contribution in [1.29, 1.82) is 0 Å². The fourth-order valence-corrected chi connectivity index (χ4v) is 2.56. The summed E-state index contributed by atoms with van der Waals surface area (Å²) in [7, 11) is 0. The summed E-state index contributed by atoms with van der Waals surface area (Å²) in [4.78, 5) is 35.4. The summed E-state index contributed by atoms with van der Waals surface area (Å²) in [5, 5.41) is 22.1. The lowest BCUT2D eigenvalue weighted by Gasteiger charge is -2.09. The van der Waals surface area contributed by atoms with Gasteiger partial charge in [0.15, 0.2) is 0 Å². The van der Waals surface area contributed by atoms with E-state index in [1.165, 1.54) is 12.4 Å². The number of nitrogens with zero attached hydrogens (tertiary/aromatic N) is 4.